The Labute approximate surface area is 378 Å². The number of nitrogens with one attached hydrogen (secondary N) is 1. The van der Waals surface area contributed by atoms with Crippen LogP contribution in [0.1, 0.15) is 77.6 Å². The highest BCUT2D eigenvalue weighted by Crippen LogP contribution is 2.53. The summed E-state index contributed by atoms with van der Waals surface area (Å²) in [4.78, 5) is 0. The van der Waals surface area contributed by atoms with Crippen LogP contribution in [0.4, 0.5) is 11.4 Å². The van der Waals surface area contributed by atoms with Crippen molar-refractivity contribution in [2.24, 2.45) is 0 Å². The summed E-state index contributed by atoms with van der Waals surface area (Å²) >= 11 is 1.88. The predicted octanol–water partition coefficient (Wildman–Crippen LogP) is 15.3. The fraction of sp³-hybridized carbons (Fsp3) is 0.186. The van der Waals surface area contributed by atoms with Crippen molar-refractivity contribution in [3.05, 3.63) is 162 Å². The zero-order valence-corrected chi connectivity index (χ0v) is 38.4. The maximum atomic E-state index is 6.83. The number of aromatic nitrogens is 1. The van der Waals surface area contributed by atoms with Crippen LogP contribution < -0.4 is 16.2 Å². The minimum atomic E-state index is -0.195. The maximum absolute atomic E-state index is 6.83. The molecule has 5 heteroatoms. The van der Waals surface area contributed by atoms with Gasteiger partial charge in [0.2, 0.25) is 0 Å². The van der Waals surface area contributed by atoms with E-state index >= 15 is 0 Å². The van der Waals surface area contributed by atoms with E-state index in [4.69, 9.17) is 4.42 Å². The third-order valence-electron chi connectivity index (χ3n) is 14.5. The molecule has 64 heavy (non-hydrogen) atoms. The Balaban J connectivity index is 1.11. The molecule has 11 aromatic rings. The van der Waals surface area contributed by atoms with E-state index in [1.54, 1.807) is 0 Å². The molecule has 3 nitrogen and oxygen atoms in total. The van der Waals surface area contributed by atoms with E-state index in [2.05, 4.69) is 212 Å². The number of nitrogens with zero attached hydrogens (tertiary/aromatic N) is 1. The summed E-state index contributed by atoms with van der Waals surface area (Å²) in [6.45, 7) is 18.6. The van der Waals surface area contributed by atoms with Crippen LogP contribution >= 0.6 is 11.3 Å². The van der Waals surface area contributed by atoms with Crippen LogP contribution in [0.2, 0.25) is 0 Å². The average molecular weight is 844 g/mol. The number of para-hydroxylation sites is 1. The van der Waals surface area contributed by atoms with Gasteiger partial charge < -0.3 is 14.3 Å². The van der Waals surface area contributed by atoms with Crippen molar-refractivity contribution in [1.29, 1.82) is 0 Å². The molecular weight excluding hydrogens is 796 g/mol. The molecule has 0 spiro atoms. The van der Waals surface area contributed by atoms with Crippen LogP contribution in [0.3, 0.4) is 0 Å². The first-order valence-electron chi connectivity index (χ1n) is 22.7. The van der Waals surface area contributed by atoms with Crippen molar-refractivity contribution in [3.8, 4) is 27.9 Å². The Morgan fingerprint density at radius 3 is 2.08 bits per heavy atom. The lowest BCUT2D eigenvalue weighted by Crippen LogP contribution is -2.37. The smallest absolute Gasteiger partial charge is 0.197 e. The molecule has 0 saturated carbocycles. The van der Waals surface area contributed by atoms with Crippen molar-refractivity contribution in [3.63, 3.8) is 0 Å². The Bertz CT molecular complexity index is 3830. The normalized spacial score (nSPS) is 14.2. The Hall–Kier alpha value is -6.56. The summed E-state index contributed by atoms with van der Waals surface area (Å²) in [7, 11) is 2.47. The first-order valence-corrected chi connectivity index (χ1v) is 23.5. The first kappa shape index (κ1) is 38.0. The molecule has 0 atom stereocenters. The zero-order valence-electron chi connectivity index (χ0n) is 37.6. The van der Waals surface area contributed by atoms with Gasteiger partial charge in [0.25, 0.3) is 0 Å². The monoisotopic (exact) mass is 843 g/mol. The molecule has 1 aliphatic heterocycles. The largest absolute Gasteiger partial charge is 0.455 e. The quantitative estimate of drug-likeness (QED) is 0.180. The fourth-order valence-corrected chi connectivity index (χ4v) is 12.2. The highest BCUT2D eigenvalue weighted by atomic mass is 32.1. The van der Waals surface area contributed by atoms with Crippen molar-refractivity contribution in [1.82, 2.24) is 4.57 Å². The highest BCUT2D eigenvalue weighted by Gasteiger charge is 2.38. The minimum absolute atomic E-state index is 0.0506. The number of hydrogen-bond acceptors (Lipinski definition) is 3. The number of thiophene rings is 1. The molecule has 0 amide bonds. The molecule has 1 N–H and O–H groups in total. The summed E-state index contributed by atoms with van der Waals surface area (Å²) in [6, 6.07) is 52.6. The highest BCUT2D eigenvalue weighted by molar-refractivity contribution is 7.26. The molecule has 4 heterocycles. The molecule has 1 aliphatic carbocycles. The van der Waals surface area contributed by atoms with Crippen LogP contribution in [0, 0.1) is 0 Å². The molecule has 0 unspecified atom stereocenters. The van der Waals surface area contributed by atoms with Crippen LogP contribution in [0.15, 0.2) is 144 Å². The van der Waals surface area contributed by atoms with Crippen molar-refractivity contribution >= 4 is 105 Å². The fourth-order valence-electron chi connectivity index (χ4n) is 11.1. The van der Waals surface area contributed by atoms with Crippen LogP contribution in [-0.4, -0.2) is 11.8 Å². The molecule has 0 bridgehead atoms. The number of rotatable bonds is 3. The summed E-state index contributed by atoms with van der Waals surface area (Å²) in [5.74, 6) is 0. The van der Waals surface area contributed by atoms with Gasteiger partial charge in [-0.25, -0.2) is 0 Å². The summed E-state index contributed by atoms with van der Waals surface area (Å²) < 4.78 is 12.0. The van der Waals surface area contributed by atoms with E-state index in [0.29, 0.717) is 0 Å². The van der Waals surface area contributed by atoms with E-state index in [0.717, 1.165) is 44.2 Å². The molecule has 0 fully saturated rings. The van der Waals surface area contributed by atoms with E-state index in [9.17, 15) is 0 Å². The topological polar surface area (TPSA) is 30.1 Å². The van der Waals surface area contributed by atoms with Crippen LogP contribution in [0.25, 0.3) is 91.9 Å². The van der Waals surface area contributed by atoms with E-state index < -0.39 is 0 Å². The standard InChI is InChI=1S/C59H48BN2OS/c1-57(2,3)32-17-20-34(21-18-32)61-47-29-41-35-22-19-33(58(4,5)6)27-44(35)59(7,8)45(41)28-42(47)38-23-24-40-53-48(26-25-39-36-13-9-11-15-50(36)63-56(39)53)62-49-30-43-37-14-10-12-16-51(37)64-52(43)31-46(49)60-54(38)55(40)62/h9-31,61H,1-8H3. The summed E-state index contributed by atoms with van der Waals surface area (Å²) in [5, 5.41) is 11.3. The van der Waals surface area contributed by atoms with Gasteiger partial charge in [0, 0.05) is 69.9 Å². The number of anilines is 2. The Kier molecular flexibility index (Phi) is 7.59. The van der Waals surface area contributed by atoms with Crippen molar-refractivity contribution in [2.75, 3.05) is 5.32 Å². The molecule has 8 aromatic carbocycles. The van der Waals surface area contributed by atoms with Crippen LogP contribution in [-0.2, 0) is 16.2 Å². The molecule has 1 radical (unpaired) electrons. The number of fused-ring (bicyclic) bond motifs is 15. The molecule has 2 aliphatic rings. The van der Waals surface area contributed by atoms with E-state index in [1.807, 2.05) is 11.3 Å². The molecule has 3 aromatic heterocycles. The van der Waals surface area contributed by atoms with Gasteiger partial charge in [-0.05, 0) is 116 Å². The molecule has 13 rings (SSSR count). The summed E-state index contributed by atoms with van der Waals surface area (Å²) in [6.07, 6.45) is 0. The van der Waals surface area contributed by atoms with Gasteiger partial charge in [-0.2, -0.15) is 0 Å². The first-order chi connectivity index (χ1) is 30.7. The third-order valence-corrected chi connectivity index (χ3v) is 15.7. The predicted molar refractivity (Wildman–Crippen MR) is 276 cm³/mol. The lowest BCUT2D eigenvalue weighted by Gasteiger charge is -2.27. The van der Waals surface area contributed by atoms with Gasteiger partial charge in [0.05, 0.1) is 10.9 Å². The lowest BCUT2D eigenvalue weighted by molar-refractivity contribution is 0.584. The third kappa shape index (κ3) is 5.28. The van der Waals surface area contributed by atoms with Gasteiger partial charge in [-0.1, -0.05) is 140 Å². The number of benzene rings is 8. The second kappa shape index (κ2) is 12.8. The second-order valence-corrected chi connectivity index (χ2v) is 22.0. The minimum Gasteiger partial charge on any atom is -0.455 e. The van der Waals surface area contributed by atoms with Gasteiger partial charge in [0.15, 0.2) is 7.28 Å². The Morgan fingerprint density at radius 2 is 1.28 bits per heavy atom. The van der Waals surface area contributed by atoms with Gasteiger partial charge >= 0.3 is 0 Å². The molecule has 0 saturated heterocycles. The Morgan fingerprint density at radius 1 is 0.578 bits per heavy atom. The molecular formula is C59H48BN2OS. The van der Waals surface area contributed by atoms with Gasteiger partial charge in [-0.3, -0.25) is 0 Å². The van der Waals surface area contributed by atoms with Crippen molar-refractivity contribution in [2.45, 2.75) is 71.6 Å². The van der Waals surface area contributed by atoms with E-state index in [-0.39, 0.29) is 16.2 Å². The summed E-state index contributed by atoms with van der Waals surface area (Å²) in [5.41, 5.74) is 20.4. The van der Waals surface area contributed by atoms with Crippen LogP contribution in [0.5, 0.6) is 0 Å². The average Bonchev–Trinajstić information content (AvgIpc) is 3.99. The number of hydrogen-bond donors (Lipinski definition) is 1. The SMILES string of the molecule is CC(C)(C)c1ccc(Nc2cc3c(cc2-c2ccc4c5c6oc7ccccc7c6ccc5n5c4c2[B]c2cc4sc6ccccc6c4cc2-5)C(C)(C)c2cc(C(C)(C)C)ccc2-3)cc1. The maximum Gasteiger partial charge on any atom is 0.197 e. The second-order valence-electron chi connectivity index (χ2n) is 20.9. The molecule has 309 valence electrons. The lowest BCUT2D eigenvalue weighted by atomic mass is 9.59. The van der Waals surface area contributed by atoms with Gasteiger partial charge in [-0.15, -0.1) is 11.3 Å². The van der Waals surface area contributed by atoms with Gasteiger partial charge in [0.1, 0.15) is 11.2 Å². The number of furan rings is 1. The van der Waals surface area contributed by atoms with E-state index in [1.165, 1.54) is 92.2 Å². The zero-order chi connectivity index (χ0) is 43.6. The van der Waals surface area contributed by atoms with Crippen molar-refractivity contribution < 1.29 is 4.42 Å².